The number of hydrogen-bond acceptors (Lipinski definition) is 6. The Bertz CT molecular complexity index is 1520. The molecule has 3 fully saturated rings. The van der Waals surface area contributed by atoms with Crippen LogP contribution in [0, 0.1) is 34.5 Å². The van der Waals surface area contributed by atoms with Crippen molar-refractivity contribution in [3.8, 4) is 17.9 Å². The molecule has 0 saturated carbocycles. The fourth-order valence-corrected chi connectivity index (χ4v) is 6.68. The van der Waals surface area contributed by atoms with Crippen LogP contribution < -0.4 is 9.64 Å². The van der Waals surface area contributed by atoms with Gasteiger partial charge in [0.05, 0.1) is 58.6 Å². The minimum Gasteiger partial charge on any atom is -0.493 e. The molecule has 0 unspecified atom stereocenters. The maximum atomic E-state index is 14.0. The molecule has 2 bridgehead atoms. The molecule has 3 aliphatic rings. The van der Waals surface area contributed by atoms with E-state index in [1.165, 1.54) is 4.90 Å². The van der Waals surface area contributed by atoms with Gasteiger partial charge in [-0.25, -0.2) is 4.90 Å². The van der Waals surface area contributed by atoms with E-state index in [4.69, 9.17) is 14.7 Å². The summed E-state index contributed by atoms with van der Waals surface area (Å²) >= 11 is 0. The second-order valence-corrected chi connectivity index (χ2v) is 10.1. The maximum Gasteiger partial charge on any atom is 0.240 e. The Labute approximate surface area is 214 Å². The lowest BCUT2D eigenvalue weighted by Gasteiger charge is -2.31. The zero-order valence-corrected chi connectivity index (χ0v) is 20.4. The number of fused-ring (bicyclic) bond motifs is 6. The van der Waals surface area contributed by atoms with E-state index in [1.807, 2.05) is 31.2 Å². The minimum absolute atomic E-state index is 0.221. The van der Waals surface area contributed by atoms with Crippen LogP contribution in [-0.2, 0) is 14.3 Å². The summed E-state index contributed by atoms with van der Waals surface area (Å²) in [4.78, 5) is 29.3. The third-order valence-corrected chi connectivity index (χ3v) is 8.46. The molecule has 0 spiro atoms. The number of nitriles is 2. The molecule has 0 aliphatic carbocycles. The Morgan fingerprint density at radius 2 is 1.59 bits per heavy atom. The third kappa shape index (κ3) is 3.28. The van der Waals surface area contributed by atoms with E-state index < -0.39 is 23.0 Å². The van der Waals surface area contributed by atoms with Crippen molar-refractivity contribution in [3.63, 3.8) is 0 Å². The monoisotopic (exact) mass is 491 g/mol. The van der Waals surface area contributed by atoms with Crippen LogP contribution in [0.2, 0.25) is 0 Å². The minimum atomic E-state index is -0.767. The van der Waals surface area contributed by atoms with Gasteiger partial charge in [0.1, 0.15) is 5.75 Å². The first-order chi connectivity index (χ1) is 18.0. The normalized spacial score (nSPS) is 27.8. The molecule has 6 rings (SSSR count). The van der Waals surface area contributed by atoms with Crippen molar-refractivity contribution in [2.24, 2.45) is 11.8 Å². The summed E-state index contributed by atoms with van der Waals surface area (Å²) in [5.41, 5.74) is 0.152. The molecule has 184 valence electrons. The molecule has 7 nitrogen and oxygen atoms in total. The van der Waals surface area contributed by atoms with E-state index in [-0.39, 0.29) is 11.8 Å². The van der Waals surface area contributed by atoms with Gasteiger partial charge in [0, 0.05) is 17.2 Å². The van der Waals surface area contributed by atoms with Gasteiger partial charge in [0.15, 0.2) is 0 Å². The summed E-state index contributed by atoms with van der Waals surface area (Å²) in [5.74, 6) is -0.931. The molecule has 3 aromatic carbocycles. The van der Waals surface area contributed by atoms with Crippen LogP contribution in [0.1, 0.15) is 43.7 Å². The van der Waals surface area contributed by atoms with Crippen LogP contribution in [0.4, 0.5) is 5.69 Å². The lowest BCUT2D eigenvalue weighted by Crippen LogP contribution is -2.43. The molecular weight excluding hydrogens is 466 g/mol. The molecule has 0 aromatic heterocycles. The zero-order valence-electron chi connectivity index (χ0n) is 20.4. The number of carbonyl (C=O) groups is 2. The van der Waals surface area contributed by atoms with Gasteiger partial charge in [0.2, 0.25) is 11.8 Å². The molecule has 3 aromatic rings. The highest BCUT2D eigenvalue weighted by atomic mass is 16.5. The van der Waals surface area contributed by atoms with Crippen LogP contribution in [0.5, 0.6) is 5.75 Å². The Morgan fingerprint density at radius 1 is 0.919 bits per heavy atom. The average molecular weight is 492 g/mol. The van der Waals surface area contributed by atoms with Gasteiger partial charge in [0.25, 0.3) is 0 Å². The third-order valence-electron chi connectivity index (χ3n) is 8.46. The summed E-state index contributed by atoms with van der Waals surface area (Å²) < 4.78 is 12.6. The van der Waals surface area contributed by atoms with Crippen LogP contribution in [-0.4, -0.2) is 29.6 Å². The van der Waals surface area contributed by atoms with Crippen LogP contribution >= 0.6 is 0 Å². The highest BCUT2D eigenvalue weighted by molar-refractivity contribution is 6.26. The van der Waals surface area contributed by atoms with Crippen molar-refractivity contribution >= 4 is 28.3 Å². The van der Waals surface area contributed by atoms with Crippen molar-refractivity contribution in [2.45, 2.75) is 43.8 Å². The van der Waals surface area contributed by atoms with Crippen molar-refractivity contribution in [3.05, 3.63) is 71.8 Å². The number of hydrogen-bond donors (Lipinski definition) is 0. The standard InChI is InChI=1S/C30H25N3O4/c1-2-29-13-14-30(37-29,15-16-36-21-10-7-19(17-31)8-11-21)26-25(29)27(34)33(28(26)35)24-12-9-20(18-32)22-5-3-4-6-23(22)24/h3-12,25-26H,2,13-16H2,1H3/t25-,26-,29-,30-/m1/s1. The second kappa shape index (κ2) is 8.44. The van der Waals surface area contributed by atoms with E-state index >= 15 is 0 Å². The smallest absolute Gasteiger partial charge is 0.240 e. The first kappa shape index (κ1) is 23.2. The average Bonchev–Trinajstić information content (AvgIpc) is 3.55. The fraction of sp³-hybridized carbons (Fsp3) is 0.333. The van der Waals surface area contributed by atoms with E-state index in [0.717, 1.165) is 11.8 Å². The molecule has 4 atom stereocenters. The van der Waals surface area contributed by atoms with Crippen LogP contribution in [0.15, 0.2) is 60.7 Å². The molecule has 2 amide bonds. The number of rotatable bonds is 6. The SMILES string of the molecule is CC[C@]12CC[C@](CCOc3ccc(C#N)cc3)(O1)[C@H]1C(=O)N(c3ccc(C#N)c4ccccc34)C(=O)[C@@H]12. The number of benzene rings is 3. The quantitative estimate of drug-likeness (QED) is 0.456. The Morgan fingerprint density at radius 3 is 2.27 bits per heavy atom. The van der Waals surface area contributed by atoms with E-state index in [9.17, 15) is 14.9 Å². The van der Waals surface area contributed by atoms with Gasteiger partial charge < -0.3 is 9.47 Å². The topological polar surface area (TPSA) is 103 Å². The van der Waals surface area contributed by atoms with Gasteiger partial charge in [-0.05, 0) is 55.7 Å². The number of imide groups is 1. The fourth-order valence-electron chi connectivity index (χ4n) is 6.68. The summed E-state index contributed by atoms with van der Waals surface area (Å²) in [7, 11) is 0. The largest absolute Gasteiger partial charge is 0.493 e. The number of ether oxygens (including phenoxy) is 2. The number of anilines is 1. The predicted molar refractivity (Wildman–Crippen MR) is 135 cm³/mol. The maximum absolute atomic E-state index is 14.0. The van der Waals surface area contributed by atoms with Crippen LogP contribution in [0.3, 0.4) is 0 Å². The molecule has 7 heteroatoms. The van der Waals surface area contributed by atoms with Gasteiger partial charge in [-0.2, -0.15) is 10.5 Å². The molecule has 0 radical (unpaired) electrons. The Kier molecular flexibility index (Phi) is 5.29. The van der Waals surface area contributed by atoms with E-state index in [2.05, 4.69) is 12.1 Å². The summed E-state index contributed by atoms with van der Waals surface area (Å²) in [6, 6.07) is 22.0. The summed E-state index contributed by atoms with van der Waals surface area (Å²) in [5, 5.41) is 20.0. The van der Waals surface area contributed by atoms with Crippen LogP contribution in [0.25, 0.3) is 10.8 Å². The molecule has 3 saturated heterocycles. The summed E-state index contributed by atoms with van der Waals surface area (Å²) in [6.45, 7) is 2.35. The van der Waals surface area contributed by atoms with Gasteiger partial charge in [-0.15, -0.1) is 0 Å². The predicted octanol–water partition coefficient (Wildman–Crippen LogP) is 4.87. The molecule has 37 heavy (non-hydrogen) atoms. The first-order valence-corrected chi connectivity index (χ1v) is 12.6. The van der Waals surface area contributed by atoms with Crippen molar-refractivity contribution in [1.82, 2.24) is 0 Å². The van der Waals surface area contributed by atoms with Crippen molar-refractivity contribution in [2.75, 3.05) is 11.5 Å². The van der Waals surface area contributed by atoms with Crippen molar-refractivity contribution < 1.29 is 19.1 Å². The first-order valence-electron chi connectivity index (χ1n) is 12.6. The molecule has 3 heterocycles. The van der Waals surface area contributed by atoms with Gasteiger partial charge in [-0.3, -0.25) is 9.59 Å². The second-order valence-electron chi connectivity index (χ2n) is 10.1. The number of nitrogens with zero attached hydrogens (tertiary/aromatic N) is 3. The highest BCUT2D eigenvalue weighted by Crippen LogP contribution is 2.63. The molecule has 3 aliphatic heterocycles. The lowest BCUT2D eigenvalue weighted by molar-refractivity contribution is -0.132. The van der Waals surface area contributed by atoms with E-state index in [1.54, 1.807) is 36.4 Å². The zero-order chi connectivity index (χ0) is 25.8. The van der Waals surface area contributed by atoms with E-state index in [0.29, 0.717) is 53.8 Å². The number of amides is 2. The summed E-state index contributed by atoms with van der Waals surface area (Å²) in [6.07, 6.45) is 2.55. The Balaban J connectivity index is 1.33. The molecule has 0 N–H and O–H groups in total. The Hall–Kier alpha value is -4.20. The number of carbonyl (C=O) groups excluding carboxylic acids is 2. The molecular formula is C30H25N3O4. The van der Waals surface area contributed by atoms with Gasteiger partial charge in [-0.1, -0.05) is 31.2 Å². The highest BCUT2D eigenvalue weighted by Gasteiger charge is 2.74. The van der Waals surface area contributed by atoms with Crippen molar-refractivity contribution in [1.29, 1.82) is 10.5 Å². The van der Waals surface area contributed by atoms with Gasteiger partial charge >= 0.3 is 0 Å². The lowest BCUT2D eigenvalue weighted by atomic mass is 9.66.